The molecule has 0 aliphatic carbocycles. The van der Waals surface area contributed by atoms with Gasteiger partial charge in [-0.15, -0.1) is 12.4 Å². The molecule has 1 aliphatic heterocycles. The molecule has 6 heteroatoms. The van der Waals surface area contributed by atoms with Crippen molar-refractivity contribution in [2.45, 2.75) is 19.4 Å². The summed E-state index contributed by atoms with van der Waals surface area (Å²) >= 11 is 0. The molecule has 3 N–H and O–H groups in total. The second-order valence-electron chi connectivity index (χ2n) is 6.24. The van der Waals surface area contributed by atoms with E-state index in [9.17, 15) is 4.79 Å². The summed E-state index contributed by atoms with van der Waals surface area (Å²) in [6.07, 6.45) is 0.732. The minimum absolute atomic E-state index is 0. The van der Waals surface area contributed by atoms with Gasteiger partial charge in [-0.3, -0.25) is 4.79 Å². The third kappa shape index (κ3) is 4.90. The first-order valence-corrected chi connectivity index (χ1v) is 8.62. The number of ether oxygens (including phenoxy) is 2. The molecule has 5 nitrogen and oxygen atoms in total. The summed E-state index contributed by atoms with van der Waals surface area (Å²) in [5, 5.41) is 2.97. The number of nitrogens with one attached hydrogen (secondary N) is 1. The zero-order valence-corrected chi connectivity index (χ0v) is 15.6. The van der Waals surface area contributed by atoms with Crippen LogP contribution in [0.4, 0.5) is 0 Å². The number of amides is 1. The van der Waals surface area contributed by atoms with Gasteiger partial charge in [0.1, 0.15) is 13.2 Å². The first kappa shape index (κ1) is 20.1. The molecule has 3 rings (SSSR count). The van der Waals surface area contributed by atoms with Gasteiger partial charge in [-0.25, -0.2) is 0 Å². The summed E-state index contributed by atoms with van der Waals surface area (Å²) in [6, 6.07) is 15.3. The number of carbonyl (C=O) groups excluding carboxylic acids is 1. The van der Waals surface area contributed by atoms with Crippen LogP contribution in [0.1, 0.15) is 24.1 Å². The molecule has 0 saturated carbocycles. The van der Waals surface area contributed by atoms with Crippen molar-refractivity contribution >= 4 is 18.3 Å². The highest BCUT2D eigenvalue weighted by Gasteiger charge is 2.21. The Morgan fingerprint density at radius 2 is 1.81 bits per heavy atom. The number of fused-ring (bicyclic) bond motifs is 1. The monoisotopic (exact) mass is 376 g/mol. The molecule has 1 aliphatic rings. The van der Waals surface area contributed by atoms with Gasteiger partial charge in [-0.05, 0) is 29.7 Å². The van der Waals surface area contributed by atoms with Crippen LogP contribution in [0.5, 0.6) is 11.5 Å². The summed E-state index contributed by atoms with van der Waals surface area (Å²) < 4.78 is 11.1. The molecule has 0 spiro atoms. The number of hydrogen-bond acceptors (Lipinski definition) is 4. The second kappa shape index (κ2) is 9.46. The summed E-state index contributed by atoms with van der Waals surface area (Å²) in [7, 11) is 0. The molecule has 26 heavy (non-hydrogen) atoms. The van der Waals surface area contributed by atoms with E-state index in [0.29, 0.717) is 19.8 Å². The lowest BCUT2D eigenvalue weighted by Crippen LogP contribution is -2.36. The van der Waals surface area contributed by atoms with Crippen LogP contribution < -0.4 is 20.5 Å². The summed E-state index contributed by atoms with van der Waals surface area (Å²) in [6.45, 7) is 3.57. The van der Waals surface area contributed by atoms with Crippen molar-refractivity contribution in [2.24, 2.45) is 11.7 Å². The maximum absolute atomic E-state index is 12.3. The highest BCUT2D eigenvalue weighted by atomic mass is 35.5. The predicted octanol–water partition coefficient (Wildman–Crippen LogP) is 2.87. The number of rotatable bonds is 6. The number of halogens is 1. The Morgan fingerprint density at radius 1 is 1.12 bits per heavy atom. The van der Waals surface area contributed by atoms with Crippen LogP contribution in [0.25, 0.3) is 0 Å². The Balaban J connectivity index is 0.00000243. The Bertz CT molecular complexity index is 724. The minimum atomic E-state index is -0.310. The lowest BCUT2D eigenvalue weighted by molar-refractivity contribution is -0.125. The number of hydrogen-bond donors (Lipinski definition) is 2. The molecule has 0 bridgehead atoms. The average Bonchev–Trinajstić information content (AvgIpc) is 2.67. The van der Waals surface area contributed by atoms with Gasteiger partial charge in [0.2, 0.25) is 5.91 Å². The van der Waals surface area contributed by atoms with Gasteiger partial charge in [-0.2, -0.15) is 0 Å². The molecule has 0 radical (unpaired) electrons. The molecule has 2 unspecified atom stereocenters. The van der Waals surface area contributed by atoms with Crippen LogP contribution in [-0.2, 0) is 11.2 Å². The van der Waals surface area contributed by atoms with Crippen molar-refractivity contribution in [3.05, 3.63) is 59.7 Å². The molecule has 0 aromatic heterocycles. The first-order chi connectivity index (χ1) is 12.1. The van der Waals surface area contributed by atoms with Crippen LogP contribution in [0.15, 0.2) is 48.5 Å². The lowest BCUT2D eigenvalue weighted by atomic mass is 9.94. The maximum atomic E-state index is 12.3. The predicted molar refractivity (Wildman–Crippen MR) is 104 cm³/mol. The summed E-state index contributed by atoms with van der Waals surface area (Å²) in [5.74, 6) is 1.23. The van der Waals surface area contributed by atoms with E-state index < -0.39 is 0 Å². The van der Waals surface area contributed by atoms with Gasteiger partial charge in [0.25, 0.3) is 0 Å². The van der Waals surface area contributed by atoms with Crippen LogP contribution in [0.2, 0.25) is 0 Å². The van der Waals surface area contributed by atoms with Crippen molar-refractivity contribution < 1.29 is 14.3 Å². The van der Waals surface area contributed by atoms with E-state index >= 15 is 0 Å². The van der Waals surface area contributed by atoms with Gasteiger partial charge in [0, 0.05) is 12.6 Å². The normalized spacial score (nSPS) is 14.7. The Labute approximate surface area is 160 Å². The van der Waals surface area contributed by atoms with E-state index in [0.717, 1.165) is 29.0 Å². The first-order valence-electron chi connectivity index (χ1n) is 8.62. The van der Waals surface area contributed by atoms with Crippen molar-refractivity contribution in [2.75, 3.05) is 19.8 Å². The zero-order valence-electron chi connectivity index (χ0n) is 14.8. The minimum Gasteiger partial charge on any atom is -0.486 e. The SMILES string of the molecule is CC(C(=O)NCCc1ccc2c(c1)OCCO2)C(N)c1ccccc1.Cl. The molecule has 0 fully saturated rings. The van der Waals surface area contributed by atoms with E-state index in [2.05, 4.69) is 5.32 Å². The van der Waals surface area contributed by atoms with Gasteiger partial charge >= 0.3 is 0 Å². The van der Waals surface area contributed by atoms with E-state index in [1.807, 2.05) is 55.5 Å². The largest absolute Gasteiger partial charge is 0.486 e. The number of carbonyl (C=O) groups is 1. The maximum Gasteiger partial charge on any atom is 0.224 e. The van der Waals surface area contributed by atoms with Crippen LogP contribution >= 0.6 is 12.4 Å². The fourth-order valence-corrected chi connectivity index (χ4v) is 2.86. The number of benzene rings is 2. The van der Waals surface area contributed by atoms with E-state index in [1.54, 1.807) is 0 Å². The topological polar surface area (TPSA) is 73.6 Å². The van der Waals surface area contributed by atoms with Gasteiger partial charge in [0.05, 0.1) is 5.92 Å². The van der Waals surface area contributed by atoms with Crippen molar-refractivity contribution in [3.63, 3.8) is 0 Å². The standard InChI is InChI=1S/C20H24N2O3.ClH/c1-14(19(21)16-5-3-2-4-6-16)20(23)22-10-9-15-7-8-17-18(13-15)25-12-11-24-17;/h2-8,13-14,19H,9-12,21H2,1H3,(H,22,23);1H. The van der Waals surface area contributed by atoms with Crippen molar-refractivity contribution in [3.8, 4) is 11.5 Å². The Morgan fingerprint density at radius 3 is 2.54 bits per heavy atom. The van der Waals surface area contributed by atoms with Crippen LogP contribution in [0.3, 0.4) is 0 Å². The molecule has 2 aromatic carbocycles. The molecule has 2 atom stereocenters. The third-order valence-electron chi connectivity index (χ3n) is 4.46. The Hall–Kier alpha value is -2.24. The molecular formula is C20H25ClN2O3. The fourth-order valence-electron chi connectivity index (χ4n) is 2.86. The molecule has 0 saturated heterocycles. The van der Waals surface area contributed by atoms with E-state index in [1.165, 1.54) is 0 Å². The molecular weight excluding hydrogens is 352 g/mol. The average molecular weight is 377 g/mol. The second-order valence-corrected chi connectivity index (χ2v) is 6.24. The highest BCUT2D eigenvalue weighted by Crippen LogP contribution is 2.30. The van der Waals surface area contributed by atoms with Crippen molar-refractivity contribution in [1.29, 1.82) is 0 Å². The van der Waals surface area contributed by atoms with Crippen LogP contribution in [0, 0.1) is 5.92 Å². The number of nitrogens with two attached hydrogens (primary N) is 1. The van der Waals surface area contributed by atoms with Crippen molar-refractivity contribution in [1.82, 2.24) is 5.32 Å². The molecule has 2 aromatic rings. The lowest BCUT2D eigenvalue weighted by Gasteiger charge is -2.20. The fraction of sp³-hybridized carbons (Fsp3) is 0.350. The van der Waals surface area contributed by atoms with Crippen LogP contribution in [-0.4, -0.2) is 25.7 Å². The van der Waals surface area contributed by atoms with Gasteiger partial charge in [0.15, 0.2) is 11.5 Å². The Kier molecular flexibility index (Phi) is 7.30. The van der Waals surface area contributed by atoms with E-state index in [-0.39, 0.29) is 30.3 Å². The summed E-state index contributed by atoms with van der Waals surface area (Å²) in [4.78, 5) is 12.3. The quantitative estimate of drug-likeness (QED) is 0.813. The van der Waals surface area contributed by atoms with E-state index in [4.69, 9.17) is 15.2 Å². The highest BCUT2D eigenvalue weighted by molar-refractivity contribution is 5.85. The third-order valence-corrected chi connectivity index (χ3v) is 4.46. The smallest absolute Gasteiger partial charge is 0.224 e. The summed E-state index contributed by atoms with van der Waals surface area (Å²) in [5.41, 5.74) is 8.28. The van der Waals surface area contributed by atoms with Gasteiger partial charge in [-0.1, -0.05) is 43.3 Å². The molecule has 1 amide bonds. The zero-order chi connectivity index (χ0) is 17.6. The molecule has 1 heterocycles. The molecule has 140 valence electrons. The van der Waals surface area contributed by atoms with Gasteiger partial charge < -0.3 is 20.5 Å².